The summed E-state index contributed by atoms with van der Waals surface area (Å²) in [5, 5.41) is 0. The second-order valence-electron chi connectivity index (χ2n) is 0.659. The van der Waals surface area contributed by atoms with Crippen molar-refractivity contribution in [2.75, 3.05) is 12.0 Å². The van der Waals surface area contributed by atoms with Crippen molar-refractivity contribution in [3.8, 4) is 0 Å². The van der Waals surface area contributed by atoms with Gasteiger partial charge in [0.15, 0.2) is 0 Å². The maximum Gasteiger partial charge on any atom is 0.0344 e. The molecule has 0 aromatic carbocycles. The van der Waals surface area contributed by atoms with E-state index < -0.39 is 0 Å². The molecule has 0 aromatic rings. The zero-order chi connectivity index (χ0) is 4.83. The number of thioether (sulfide) groups is 1. The average molecular weight is 89.2 g/mol. The first-order valence-electron chi connectivity index (χ1n) is 2.10. The minimum absolute atomic E-state index is 0.450. The zero-order valence-electron chi connectivity index (χ0n) is 4.11. The molecule has 0 N–H and O–H groups in total. The van der Waals surface area contributed by atoms with Crippen LogP contribution in [0.4, 0.5) is 0 Å². The van der Waals surface area contributed by atoms with Gasteiger partial charge in [0, 0.05) is 7.12 Å². The molecule has 0 nitrogen and oxygen atoms in total. The Bertz CT molecular complexity index is 36.5. The SMILES string of the molecule is [2H]CSCC=C. The van der Waals surface area contributed by atoms with E-state index in [4.69, 9.17) is 1.37 Å². The molecular formula is C4H8S. The lowest BCUT2D eigenvalue weighted by atomic mass is 10.8. The van der Waals surface area contributed by atoms with Gasteiger partial charge < -0.3 is 0 Å². The van der Waals surface area contributed by atoms with Crippen LogP contribution >= 0.6 is 11.8 Å². The Morgan fingerprint density at radius 2 is 3.20 bits per heavy atom. The third kappa shape index (κ3) is 4.09. The molecule has 0 aliphatic rings. The van der Waals surface area contributed by atoms with Gasteiger partial charge in [0.2, 0.25) is 0 Å². The van der Waals surface area contributed by atoms with Gasteiger partial charge in [-0.25, -0.2) is 0 Å². The van der Waals surface area contributed by atoms with Crippen LogP contribution in [0.15, 0.2) is 12.7 Å². The Labute approximate surface area is 38.7 Å². The molecular weight excluding hydrogens is 80.1 g/mol. The van der Waals surface area contributed by atoms with Gasteiger partial charge >= 0.3 is 0 Å². The Hall–Kier alpha value is 0.0900. The Morgan fingerprint density at radius 3 is 3.40 bits per heavy atom. The lowest BCUT2D eigenvalue weighted by Crippen LogP contribution is -1.57. The van der Waals surface area contributed by atoms with Crippen molar-refractivity contribution in [3.63, 3.8) is 0 Å². The fourth-order valence-corrected chi connectivity index (χ4v) is 0.250. The predicted octanol–water partition coefficient (Wildman–Crippen LogP) is 1.54. The molecule has 0 aliphatic heterocycles. The van der Waals surface area contributed by atoms with Crippen LogP contribution in [0.3, 0.4) is 0 Å². The molecule has 5 heavy (non-hydrogen) atoms. The molecule has 0 heterocycles. The summed E-state index contributed by atoms with van der Waals surface area (Å²) < 4.78 is 6.62. The standard InChI is InChI=1S/C4H8S/c1-3-4-5-2/h3H,1,4H2,2H3/i2D. The summed E-state index contributed by atoms with van der Waals surface area (Å²) in [5.74, 6) is 0.906. The third-order valence-electron chi connectivity index (χ3n) is 0.236. The second-order valence-corrected chi connectivity index (χ2v) is 1.40. The molecule has 0 aliphatic carbocycles. The van der Waals surface area contributed by atoms with Gasteiger partial charge in [-0.2, -0.15) is 11.8 Å². The summed E-state index contributed by atoms with van der Waals surface area (Å²) in [6, 6.07) is 0. The highest BCUT2D eigenvalue weighted by atomic mass is 32.2. The Kier molecular flexibility index (Phi) is 2.69. The van der Waals surface area contributed by atoms with Crippen LogP contribution in [0.1, 0.15) is 1.37 Å². The highest BCUT2D eigenvalue weighted by molar-refractivity contribution is 7.98. The molecule has 0 fully saturated rings. The van der Waals surface area contributed by atoms with Crippen molar-refractivity contribution in [1.82, 2.24) is 0 Å². The fraction of sp³-hybridized carbons (Fsp3) is 0.500. The van der Waals surface area contributed by atoms with Crippen molar-refractivity contribution in [1.29, 1.82) is 0 Å². The normalized spacial score (nSPS) is 10.0. The van der Waals surface area contributed by atoms with Gasteiger partial charge in [-0.05, 0) is 6.23 Å². The van der Waals surface area contributed by atoms with E-state index >= 15 is 0 Å². The molecule has 30 valence electrons. The number of rotatable bonds is 2. The van der Waals surface area contributed by atoms with Crippen molar-refractivity contribution in [2.45, 2.75) is 0 Å². The highest BCUT2D eigenvalue weighted by Crippen LogP contribution is 1.87. The molecule has 0 saturated carbocycles. The minimum Gasteiger partial charge on any atom is -0.161 e. The van der Waals surface area contributed by atoms with E-state index in [1.54, 1.807) is 17.8 Å². The average Bonchev–Trinajstić information content (AvgIpc) is 1.61. The lowest BCUT2D eigenvalue weighted by Gasteiger charge is -1.74. The molecule has 0 radical (unpaired) electrons. The molecule has 0 rings (SSSR count). The smallest absolute Gasteiger partial charge is 0.0344 e. The van der Waals surface area contributed by atoms with E-state index in [-0.39, 0.29) is 0 Å². The van der Waals surface area contributed by atoms with E-state index in [1.165, 1.54) is 0 Å². The summed E-state index contributed by atoms with van der Waals surface area (Å²) in [7, 11) is 0. The summed E-state index contributed by atoms with van der Waals surface area (Å²) in [5.41, 5.74) is 0. The monoisotopic (exact) mass is 89.0 g/mol. The molecule has 0 aromatic heterocycles. The van der Waals surface area contributed by atoms with Gasteiger partial charge in [-0.1, -0.05) is 6.08 Å². The van der Waals surface area contributed by atoms with E-state index in [1.807, 2.05) is 0 Å². The van der Waals surface area contributed by atoms with Crippen LogP contribution < -0.4 is 0 Å². The molecule has 1 heteroatoms. The van der Waals surface area contributed by atoms with E-state index in [0.29, 0.717) is 6.23 Å². The van der Waals surface area contributed by atoms with Crippen molar-refractivity contribution in [3.05, 3.63) is 12.7 Å². The minimum atomic E-state index is 0.450. The molecule has 0 unspecified atom stereocenters. The largest absolute Gasteiger partial charge is 0.161 e. The van der Waals surface area contributed by atoms with E-state index in [9.17, 15) is 0 Å². The predicted molar refractivity (Wildman–Crippen MR) is 28.6 cm³/mol. The highest BCUT2D eigenvalue weighted by Gasteiger charge is 1.60. The molecule has 0 amide bonds. The number of hydrogen-bond acceptors (Lipinski definition) is 1. The summed E-state index contributed by atoms with van der Waals surface area (Å²) >= 11 is 1.56. The number of hydrogen-bond donors (Lipinski definition) is 0. The lowest BCUT2D eigenvalue weighted by molar-refractivity contribution is 1.82. The van der Waals surface area contributed by atoms with Crippen LogP contribution in [-0.4, -0.2) is 12.0 Å². The maximum absolute atomic E-state index is 6.62. The van der Waals surface area contributed by atoms with Gasteiger partial charge in [0.25, 0.3) is 0 Å². The van der Waals surface area contributed by atoms with Crippen molar-refractivity contribution < 1.29 is 1.37 Å². The van der Waals surface area contributed by atoms with Crippen LogP contribution in [0, 0.1) is 0 Å². The summed E-state index contributed by atoms with van der Waals surface area (Å²) in [6.45, 7) is 3.49. The summed E-state index contributed by atoms with van der Waals surface area (Å²) in [6.07, 6.45) is 2.26. The first-order chi connectivity index (χ1) is 2.91. The first-order valence-corrected chi connectivity index (χ1v) is 2.55. The van der Waals surface area contributed by atoms with E-state index in [2.05, 4.69) is 6.58 Å². The molecule has 0 spiro atoms. The molecule has 0 bridgehead atoms. The van der Waals surface area contributed by atoms with Gasteiger partial charge in [-0.3, -0.25) is 0 Å². The van der Waals surface area contributed by atoms with Crippen LogP contribution in [0.2, 0.25) is 0 Å². The van der Waals surface area contributed by atoms with Crippen molar-refractivity contribution in [2.24, 2.45) is 0 Å². The second kappa shape index (κ2) is 4.09. The maximum atomic E-state index is 6.62. The fourth-order valence-electron chi connectivity index (χ4n) is 0.0833. The van der Waals surface area contributed by atoms with E-state index in [0.717, 1.165) is 5.75 Å². The van der Waals surface area contributed by atoms with Gasteiger partial charge in [-0.15, -0.1) is 6.58 Å². The zero-order valence-corrected chi connectivity index (χ0v) is 3.92. The van der Waals surface area contributed by atoms with Crippen LogP contribution in [-0.2, 0) is 0 Å². The van der Waals surface area contributed by atoms with Crippen LogP contribution in [0.5, 0.6) is 0 Å². The third-order valence-corrected chi connectivity index (χ3v) is 0.707. The Morgan fingerprint density at radius 1 is 2.40 bits per heavy atom. The van der Waals surface area contributed by atoms with Gasteiger partial charge in [0.1, 0.15) is 0 Å². The molecule has 0 saturated heterocycles. The van der Waals surface area contributed by atoms with Crippen molar-refractivity contribution >= 4 is 11.8 Å². The quantitative estimate of drug-likeness (QED) is 0.365. The van der Waals surface area contributed by atoms with Crippen LogP contribution in [0.25, 0.3) is 0 Å². The Balaban J connectivity index is 2.49. The molecule has 0 atom stereocenters. The first kappa shape index (κ1) is 3.29. The summed E-state index contributed by atoms with van der Waals surface area (Å²) in [4.78, 5) is 0. The van der Waals surface area contributed by atoms with Gasteiger partial charge in [0.05, 0.1) is 0 Å². The topological polar surface area (TPSA) is 0 Å².